The second kappa shape index (κ2) is 3.96. The minimum absolute atomic E-state index is 0.474. The maximum Gasteiger partial charge on any atom is 0.238 e. The van der Waals surface area contributed by atoms with Crippen LogP contribution >= 0.6 is 0 Å². The van der Waals surface area contributed by atoms with E-state index in [1.54, 1.807) is 30.5 Å². The SMILES string of the molecule is Cc1cc(Oc2cccnn2)ccc1N. The molecule has 0 atom stereocenters. The lowest BCUT2D eigenvalue weighted by Crippen LogP contribution is -1.92. The summed E-state index contributed by atoms with van der Waals surface area (Å²) >= 11 is 0. The third-order valence-electron chi connectivity index (χ3n) is 2.01. The fourth-order valence-electron chi connectivity index (χ4n) is 1.17. The molecule has 2 rings (SSSR count). The van der Waals surface area contributed by atoms with Gasteiger partial charge >= 0.3 is 0 Å². The summed E-state index contributed by atoms with van der Waals surface area (Å²) in [6, 6.07) is 8.99. The molecule has 0 fully saturated rings. The fraction of sp³-hybridized carbons (Fsp3) is 0.0909. The van der Waals surface area contributed by atoms with Gasteiger partial charge in [0.2, 0.25) is 5.88 Å². The summed E-state index contributed by atoms with van der Waals surface area (Å²) < 4.78 is 5.48. The van der Waals surface area contributed by atoms with Crippen LogP contribution in [0.25, 0.3) is 0 Å². The topological polar surface area (TPSA) is 61.0 Å². The number of nitrogens with zero attached hydrogens (tertiary/aromatic N) is 2. The van der Waals surface area contributed by atoms with Crippen LogP contribution in [0, 0.1) is 6.92 Å². The van der Waals surface area contributed by atoms with E-state index in [-0.39, 0.29) is 0 Å². The van der Waals surface area contributed by atoms with Gasteiger partial charge in [0.15, 0.2) is 0 Å². The van der Waals surface area contributed by atoms with E-state index in [2.05, 4.69) is 10.2 Å². The first-order chi connectivity index (χ1) is 7.25. The molecule has 0 aliphatic rings. The lowest BCUT2D eigenvalue weighted by atomic mass is 10.2. The number of nitrogens with two attached hydrogens (primary N) is 1. The van der Waals surface area contributed by atoms with Gasteiger partial charge < -0.3 is 10.5 Å². The molecular formula is C11H11N3O. The van der Waals surface area contributed by atoms with E-state index in [9.17, 15) is 0 Å². The molecule has 4 heteroatoms. The Labute approximate surface area is 87.7 Å². The first kappa shape index (κ1) is 9.45. The van der Waals surface area contributed by atoms with Gasteiger partial charge in [-0.1, -0.05) is 0 Å². The van der Waals surface area contributed by atoms with Gasteiger partial charge in [-0.2, -0.15) is 5.10 Å². The van der Waals surface area contributed by atoms with E-state index in [1.807, 2.05) is 13.0 Å². The average Bonchev–Trinajstić information content (AvgIpc) is 2.25. The van der Waals surface area contributed by atoms with Gasteiger partial charge in [-0.3, -0.25) is 0 Å². The van der Waals surface area contributed by atoms with E-state index < -0.39 is 0 Å². The number of rotatable bonds is 2. The molecule has 1 heterocycles. The number of hydrogen-bond acceptors (Lipinski definition) is 4. The zero-order chi connectivity index (χ0) is 10.7. The van der Waals surface area contributed by atoms with Crippen molar-refractivity contribution in [2.45, 2.75) is 6.92 Å². The molecule has 0 amide bonds. The summed E-state index contributed by atoms with van der Waals surface area (Å²) in [5.41, 5.74) is 7.43. The average molecular weight is 201 g/mol. The number of aryl methyl sites for hydroxylation is 1. The van der Waals surface area contributed by atoms with Crippen LogP contribution in [0.5, 0.6) is 11.6 Å². The molecule has 0 bridgehead atoms. The molecule has 2 N–H and O–H groups in total. The first-order valence-corrected chi connectivity index (χ1v) is 4.57. The fourth-order valence-corrected chi connectivity index (χ4v) is 1.17. The predicted octanol–water partition coefficient (Wildman–Crippen LogP) is 2.16. The van der Waals surface area contributed by atoms with Crippen LogP contribution < -0.4 is 10.5 Å². The minimum Gasteiger partial charge on any atom is -0.438 e. The van der Waals surface area contributed by atoms with Crippen LogP contribution in [0.1, 0.15) is 5.56 Å². The van der Waals surface area contributed by atoms with Crippen molar-refractivity contribution in [2.24, 2.45) is 0 Å². The van der Waals surface area contributed by atoms with Crippen LogP contribution in [0.3, 0.4) is 0 Å². The summed E-state index contributed by atoms with van der Waals surface area (Å²) in [5, 5.41) is 7.54. The van der Waals surface area contributed by atoms with Crippen molar-refractivity contribution in [3.8, 4) is 11.6 Å². The molecule has 0 aliphatic carbocycles. The maximum absolute atomic E-state index is 5.70. The predicted molar refractivity (Wildman–Crippen MR) is 57.7 cm³/mol. The molecule has 1 aromatic carbocycles. The molecule has 4 nitrogen and oxygen atoms in total. The van der Waals surface area contributed by atoms with Gasteiger partial charge in [-0.05, 0) is 36.8 Å². The number of aromatic nitrogens is 2. The number of hydrogen-bond donors (Lipinski definition) is 1. The van der Waals surface area contributed by atoms with Gasteiger partial charge in [-0.15, -0.1) is 5.10 Å². The standard InChI is InChI=1S/C11H11N3O/c1-8-7-9(4-5-10(8)12)15-11-3-2-6-13-14-11/h2-7H,12H2,1H3. The quantitative estimate of drug-likeness (QED) is 0.756. The highest BCUT2D eigenvalue weighted by Crippen LogP contribution is 2.22. The summed E-state index contributed by atoms with van der Waals surface area (Å²) in [4.78, 5) is 0. The Hall–Kier alpha value is -2.10. The largest absolute Gasteiger partial charge is 0.438 e. The monoisotopic (exact) mass is 201 g/mol. The second-order valence-corrected chi connectivity index (χ2v) is 3.18. The van der Waals surface area contributed by atoms with Crippen molar-refractivity contribution in [2.75, 3.05) is 5.73 Å². The highest BCUT2D eigenvalue weighted by Gasteiger charge is 2.00. The van der Waals surface area contributed by atoms with Gasteiger partial charge in [0.05, 0.1) is 0 Å². The van der Waals surface area contributed by atoms with Crippen LogP contribution in [-0.4, -0.2) is 10.2 Å². The third kappa shape index (κ3) is 2.22. The van der Waals surface area contributed by atoms with Gasteiger partial charge in [0.25, 0.3) is 0 Å². The molecule has 0 spiro atoms. The van der Waals surface area contributed by atoms with Crippen molar-refractivity contribution in [1.29, 1.82) is 0 Å². The molecule has 15 heavy (non-hydrogen) atoms. The third-order valence-corrected chi connectivity index (χ3v) is 2.01. The van der Waals surface area contributed by atoms with E-state index in [1.165, 1.54) is 0 Å². The minimum atomic E-state index is 0.474. The van der Waals surface area contributed by atoms with Crippen molar-refractivity contribution < 1.29 is 4.74 Å². The van der Waals surface area contributed by atoms with Crippen LogP contribution in [0.4, 0.5) is 5.69 Å². The van der Waals surface area contributed by atoms with Gasteiger partial charge in [0.1, 0.15) is 5.75 Å². The van der Waals surface area contributed by atoms with Gasteiger partial charge in [-0.25, -0.2) is 0 Å². The lowest BCUT2D eigenvalue weighted by molar-refractivity contribution is 0.455. The van der Waals surface area contributed by atoms with E-state index in [4.69, 9.17) is 10.5 Å². The number of nitrogen functional groups attached to an aromatic ring is 1. The zero-order valence-corrected chi connectivity index (χ0v) is 8.34. The molecule has 1 aromatic heterocycles. The smallest absolute Gasteiger partial charge is 0.238 e. The van der Waals surface area contributed by atoms with Crippen molar-refractivity contribution >= 4 is 5.69 Å². The summed E-state index contributed by atoms with van der Waals surface area (Å²) in [6.07, 6.45) is 1.60. The van der Waals surface area contributed by atoms with E-state index in [0.717, 1.165) is 11.3 Å². The van der Waals surface area contributed by atoms with Crippen LogP contribution in [0.2, 0.25) is 0 Å². The molecule has 0 saturated carbocycles. The van der Waals surface area contributed by atoms with E-state index in [0.29, 0.717) is 11.6 Å². The highest BCUT2D eigenvalue weighted by atomic mass is 16.5. The van der Waals surface area contributed by atoms with Crippen molar-refractivity contribution in [3.63, 3.8) is 0 Å². The molecule has 0 aliphatic heterocycles. The second-order valence-electron chi connectivity index (χ2n) is 3.18. The zero-order valence-electron chi connectivity index (χ0n) is 8.34. The van der Waals surface area contributed by atoms with Crippen molar-refractivity contribution in [1.82, 2.24) is 10.2 Å². The Kier molecular flexibility index (Phi) is 2.49. The molecule has 0 saturated heterocycles. The molecule has 0 unspecified atom stereocenters. The summed E-state index contributed by atoms with van der Waals surface area (Å²) in [5.74, 6) is 1.18. The summed E-state index contributed by atoms with van der Waals surface area (Å²) in [7, 11) is 0. The van der Waals surface area contributed by atoms with Gasteiger partial charge in [0, 0.05) is 18.0 Å². The number of ether oxygens (including phenoxy) is 1. The Bertz CT molecular complexity index is 457. The Morgan fingerprint density at radius 2 is 2.13 bits per heavy atom. The number of benzene rings is 1. The first-order valence-electron chi connectivity index (χ1n) is 4.57. The molecular weight excluding hydrogens is 190 g/mol. The Morgan fingerprint density at radius 1 is 1.27 bits per heavy atom. The lowest BCUT2D eigenvalue weighted by Gasteiger charge is -2.05. The molecule has 76 valence electrons. The summed E-state index contributed by atoms with van der Waals surface area (Å²) in [6.45, 7) is 1.93. The Balaban J connectivity index is 2.22. The molecule has 0 radical (unpaired) electrons. The number of anilines is 1. The Morgan fingerprint density at radius 3 is 2.80 bits per heavy atom. The van der Waals surface area contributed by atoms with Crippen LogP contribution in [-0.2, 0) is 0 Å². The van der Waals surface area contributed by atoms with Crippen molar-refractivity contribution in [3.05, 3.63) is 42.1 Å². The molecule has 2 aromatic rings. The van der Waals surface area contributed by atoms with Crippen LogP contribution in [0.15, 0.2) is 36.5 Å². The van der Waals surface area contributed by atoms with E-state index >= 15 is 0 Å². The highest BCUT2D eigenvalue weighted by molar-refractivity contribution is 5.49. The normalized spacial score (nSPS) is 9.93. The maximum atomic E-state index is 5.70.